The van der Waals surface area contributed by atoms with Gasteiger partial charge in [0.05, 0.1) is 0 Å². The van der Waals surface area contributed by atoms with Gasteiger partial charge < -0.3 is 14.5 Å². The summed E-state index contributed by atoms with van der Waals surface area (Å²) in [5.74, 6) is -0.608. The average molecular weight is 351 g/mol. The molecule has 6 nitrogen and oxygen atoms in total. The highest BCUT2D eigenvalue weighted by Gasteiger charge is 2.14. The van der Waals surface area contributed by atoms with E-state index in [1.54, 1.807) is 19.1 Å². The van der Waals surface area contributed by atoms with Crippen molar-refractivity contribution in [2.24, 2.45) is 0 Å². The quantitative estimate of drug-likeness (QED) is 0.434. The van der Waals surface area contributed by atoms with E-state index in [0.717, 1.165) is 5.56 Å². The highest BCUT2D eigenvalue weighted by molar-refractivity contribution is 5.96. The van der Waals surface area contributed by atoms with Crippen LogP contribution in [0.5, 0.6) is 5.75 Å². The fourth-order valence-corrected chi connectivity index (χ4v) is 2.39. The van der Waals surface area contributed by atoms with E-state index in [1.807, 2.05) is 30.3 Å². The zero-order valence-corrected chi connectivity index (χ0v) is 14.2. The molecule has 132 valence electrons. The molecule has 0 aliphatic heterocycles. The molecule has 6 heteroatoms. The predicted octanol–water partition coefficient (Wildman–Crippen LogP) is 3.04. The Kier molecular flexibility index (Phi) is 5.12. The lowest BCUT2D eigenvalue weighted by molar-refractivity contribution is -0.134. The number of hydrogen-bond donors (Lipinski definition) is 1. The summed E-state index contributed by atoms with van der Waals surface area (Å²) in [6.45, 7) is 1.99. The van der Waals surface area contributed by atoms with Gasteiger partial charge in [-0.15, -0.1) is 0 Å². The predicted molar refractivity (Wildman–Crippen MR) is 96.0 cm³/mol. The normalized spacial score (nSPS) is 10.5. The first kappa shape index (κ1) is 17.4. The molecule has 0 spiro atoms. The van der Waals surface area contributed by atoms with Crippen LogP contribution in [0, 0.1) is 0 Å². The first-order chi connectivity index (χ1) is 12.6. The third-order valence-electron chi connectivity index (χ3n) is 3.77. The second-order valence-electron chi connectivity index (χ2n) is 5.64. The maximum atomic E-state index is 12.3. The smallest absolute Gasteiger partial charge is 0.349 e. The second-order valence-corrected chi connectivity index (χ2v) is 5.64. The molecule has 0 aliphatic rings. The van der Waals surface area contributed by atoms with Gasteiger partial charge in [-0.2, -0.15) is 0 Å². The number of amides is 1. The molecule has 3 rings (SSSR count). The van der Waals surface area contributed by atoms with Crippen molar-refractivity contribution >= 4 is 22.8 Å². The number of carbonyl (C=O) groups is 2. The van der Waals surface area contributed by atoms with Gasteiger partial charge in [-0.1, -0.05) is 37.3 Å². The van der Waals surface area contributed by atoms with E-state index in [9.17, 15) is 14.4 Å². The van der Waals surface area contributed by atoms with E-state index in [2.05, 4.69) is 5.32 Å². The lowest BCUT2D eigenvalue weighted by Gasteiger charge is -2.06. The van der Waals surface area contributed by atoms with Crippen molar-refractivity contribution in [2.45, 2.75) is 19.9 Å². The molecule has 1 amide bonds. The molecule has 2 aromatic carbocycles. The monoisotopic (exact) mass is 351 g/mol. The fraction of sp³-hybridized carbons (Fsp3) is 0.150. The van der Waals surface area contributed by atoms with Crippen molar-refractivity contribution in [3.63, 3.8) is 0 Å². The van der Waals surface area contributed by atoms with E-state index in [-0.39, 0.29) is 29.3 Å². The van der Waals surface area contributed by atoms with Crippen molar-refractivity contribution in [1.29, 1.82) is 0 Å². The first-order valence-electron chi connectivity index (χ1n) is 8.17. The van der Waals surface area contributed by atoms with Crippen LogP contribution in [0.3, 0.4) is 0 Å². The van der Waals surface area contributed by atoms with Crippen LogP contribution in [-0.2, 0) is 11.3 Å². The summed E-state index contributed by atoms with van der Waals surface area (Å²) in [4.78, 5) is 35.8. The number of rotatable bonds is 5. The largest absolute Gasteiger partial charge is 0.426 e. The summed E-state index contributed by atoms with van der Waals surface area (Å²) >= 11 is 0. The van der Waals surface area contributed by atoms with E-state index >= 15 is 0 Å². The van der Waals surface area contributed by atoms with Crippen LogP contribution >= 0.6 is 0 Å². The Morgan fingerprint density at radius 3 is 2.58 bits per heavy atom. The summed E-state index contributed by atoms with van der Waals surface area (Å²) in [7, 11) is 0. The van der Waals surface area contributed by atoms with Gasteiger partial charge in [0.1, 0.15) is 16.9 Å². The number of benzene rings is 2. The standard InChI is InChI=1S/C20H17NO5/c1-2-18(22)25-15-9-8-14-10-16(20(24)26-17(14)11-15)19(23)21-12-13-6-4-3-5-7-13/h3-11H,2,12H2,1H3,(H,21,23). The molecular formula is C20H17NO5. The van der Waals surface area contributed by atoms with Crippen LogP contribution in [0.2, 0.25) is 0 Å². The van der Waals surface area contributed by atoms with Crippen LogP contribution in [-0.4, -0.2) is 11.9 Å². The molecule has 3 aromatic rings. The van der Waals surface area contributed by atoms with Gasteiger partial charge in [-0.05, 0) is 23.8 Å². The Morgan fingerprint density at radius 1 is 1.08 bits per heavy atom. The summed E-state index contributed by atoms with van der Waals surface area (Å²) in [5, 5.41) is 3.26. The molecule has 0 saturated carbocycles. The van der Waals surface area contributed by atoms with Gasteiger partial charge in [0.15, 0.2) is 0 Å². The van der Waals surface area contributed by atoms with E-state index in [1.165, 1.54) is 12.1 Å². The molecule has 1 N–H and O–H groups in total. The summed E-state index contributed by atoms with van der Waals surface area (Å²) < 4.78 is 10.3. The number of fused-ring (bicyclic) bond motifs is 1. The van der Waals surface area contributed by atoms with Crippen LogP contribution in [0.1, 0.15) is 29.3 Å². The van der Waals surface area contributed by atoms with Crippen molar-refractivity contribution in [3.8, 4) is 5.75 Å². The van der Waals surface area contributed by atoms with Gasteiger partial charge >= 0.3 is 11.6 Å². The van der Waals surface area contributed by atoms with Gasteiger partial charge in [-0.25, -0.2) is 4.79 Å². The van der Waals surface area contributed by atoms with Crippen LogP contribution in [0.4, 0.5) is 0 Å². The molecule has 0 radical (unpaired) electrons. The maximum Gasteiger partial charge on any atom is 0.349 e. The molecule has 0 bridgehead atoms. The Balaban J connectivity index is 1.82. The molecule has 1 aromatic heterocycles. The molecule has 1 heterocycles. The van der Waals surface area contributed by atoms with Crippen LogP contribution in [0.25, 0.3) is 11.0 Å². The summed E-state index contributed by atoms with van der Waals surface area (Å²) in [6, 6.07) is 15.5. The van der Waals surface area contributed by atoms with Crippen molar-refractivity contribution in [2.75, 3.05) is 0 Å². The number of esters is 1. The fourth-order valence-electron chi connectivity index (χ4n) is 2.39. The lowest BCUT2D eigenvalue weighted by atomic mass is 10.1. The van der Waals surface area contributed by atoms with E-state index in [4.69, 9.17) is 9.15 Å². The minimum absolute atomic E-state index is 0.0771. The van der Waals surface area contributed by atoms with Crippen molar-refractivity contribution in [1.82, 2.24) is 5.32 Å². The SMILES string of the molecule is CCC(=O)Oc1ccc2cc(C(=O)NCc3ccccc3)c(=O)oc2c1. The van der Waals surface area contributed by atoms with Crippen molar-refractivity contribution < 1.29 is 18.7 Å². The van der Waals surface area contributed by atoms with E-state index in [0.29, 0.717) is 11.9 Å². The van der Waals surface area contributed by atoms with Crippen LogP contribution in [0.15, 0.2) is 63.8 Å². The van der Waals surface area contributed by atoms with Crippen LogP contribution < -0.4 is 15.7 Å². The Labute approximate surface area is 149 Å². The van der Waals surface area contributed by atoms with Crippen molar-refractivity contribution in [3.05, 3.63) is 76.1 Å². The average Bonchev–Trinajstić information content (AvgIpc) is 2.66. The number of ether oxygens (including phenoxy) is 1. The topological polar surface area (TPSA) is 85.6 Å². The van der Waals surface area contributed by atoms with Gasteiger partial charge in [0, 0.05) is 24.4 Å². The number of carbonyl (C=O) groups excluding carboxylic acids is 2. The minimum atomic E-state index is -0.748. The zero-order valence-electron chi connectivity index (χ0n) is 14.2. The molecule has 0 unspecified atom stereocenters. The molecule has 0 saturated heterocycles. The Hall–Kier alpha value is -3.41. The molecule has 0 fully saturated rings. The molecule has 0 aliphatic carbocycles. The zero-order chi connectivity index (χ0) is 18.5. The third kappa shape index (κ3) is 3.97. The molecular weight excluding hydrogens is 334 g/mol. The molecule has 26 heavy (non-hydrogen) atoms. The third-order valence-corrected chi connectivity index (χ3v) is 3.77. The number of nitrogens with one attached hydrogen (secondary N) is 1. The highest BCUT2D eigenvalue weighted by Crippen LogP contribution is 2.21. The molecule has 0 atom stereocenters. The Morgan fingerprint density at radius 2 is 1.85 bits per heavy atom. The highest BCUT2D eigenvalue weighted by atomic mass is 16.5. The van der Waals surface area contributed by atoms with Gasteiger partial charge in [-0.3, -0.25) is 9.59 Å². The van der Waals surface area contributed by atoms with Gasteiger partial charge in [0.2, 0.25) is 0 Å². The number of hydrogen-bond acceptors (Lipinski definition) is 5. The lowest BCUT2D eigenvalue weighted by Crippen LogP contribution is -2.27. The minimum Gasteiger partial charge on any atom is -0.426 e. The van der Waals surface area contributed by atoms with Gasteiger partial charge in [0.25, 0.3) is 5.91 Å². The summed E-state index contributed by atoms with van der Waals surface area (Å²) in [6.07, 6.45) is 0.239. The second kappa shape index (κ2) is 7.65. The van der Waals surface area contributed by atoms with E-state index < -0.39 is 11.5 Å². The Bertz CT molecular complexity index is 1010. The first-order valence-corrected chi connectivity index (χ1v) is 8.17. The maximum absolute atomic E-state index is 12.3. The summed E-state index contributed by atoms with van der Waals surface area (Å²) in [5.41, 5.74) is 0.346.